The molecule has 1 aliphatic rings. The maximum atomic E-state index is 9.80. The first-order valence-electron chi connectivity index (χ1n) is 7.27. The van der Waals surface area contributed by atoms with Crippen molar-refractivity contribution in [2.45, 2.75) is 45.8 Å². The Bertz CT molecular complexity index is 218. The van der Waals surface area contributed by atoms with Crippen molar-refractivity contribution < 1.29 is 5.11 Å². The van der Waals surface area contributed by atoms with Crippen molar-refractivity contribution in [2.75, 3.05) is 45.8 Å². The van der Waals surface area contributed by atoms with E-state index in [1.54, 1.807) is 0 Å². The predicted molar refractivity (Wildman–Crippen MR) is 76.9 cm³/mol. The molecular formula is C14H31N3O. The molecule has 1 heterocycles. The fourth-order valence-electron chi connectivity index (χ4n) is 2.41. The Morgan fingerprint density at radius 3 is 2.17 bits per heavy atom. The highest BCUT2D eigenvalue weighted by atomic mass is 16.3. The van der Waals surface area contributed by atoms with Crippen LogP contribution in [0.5, 0.6) is 0 Å². The Morgan fingerprint density at radius 1 is 1.11 bits per heavy atom. The molecule has 1 aliphatic heterocycles. The second-order valence-electron chi connectivity index (χ2n) is 6.39. The Labute approximate surface area is 112 Å². The van der Waals surface area contributed by atoms with Gasteiger partial charge in [-0.05, 0) is 33.4 Å². The molecule has 0 aliphatic carbocycles. The van der Waals surface area contributed by atoms with E-state index in [1.807, 2.05) is 13.8 Å². The van der Waals surface area contributed by atoms with Gasteiger partial charge in [0.25, 0.3) is 0 Å². The van der Waals surface area contributed by atoms with Crippen LogP contribution in [0.1, 0.15) is 34.1 Å². The lowest BCUT2D eigenvalue weighted by Gasteiger charge is -2.37. The molecule has 1 rings (SSSR count). The van der Waals surface area contributed by atoms with E-state index in [0.29, 0.717) is 6.04 Å². The van der Waals surface area contributed by atoms with Gasteiger partial charge >= 0.3 is 0 Å². The molecule has 0 radical (unpaired) electrons. The molecule has 18 heavy (non-hydrogen) atoms. The topological polar surface area (TPSA) is 38.7 Å². The van der Waals surface area contributed by atoms with E-state index >= 15 is 0 Å². The van der Waals surface area contributed by atoms with Crippen LogP contribution in [0, 0.1) is 0 Å². The van der Waals surface area contributed by atoms with Gasteiger partial charge in [0.15, 0.2) is 0 Å². The number of nitrogens with zero attached hydrogens (tertiary/aromatic N) is 2. The molecule has 4 nitrogen and oxygen atoms in total. The van der Waals surface area contributed by atoms with Gasteiger partial charge < -0.3 is 15.3 Å². The van der Waals surface area contributed by atoms with E-state index in [2.05, 4.69) is 29.0 Å². The second-order valence-corrected chi connectivity index (χ2v) is 6.39. The van der Waals surface area contributed by atoms with Crippen LogP contribution in [-0.2, 0) is 0 Å². The van der Waals surface area contributed by atoms with Crippen LogP contribution in [0.4, 0.5) is 0 Å². The van der Waals surface area contributed by atoms with Crippen molar-refractivity contribution in [3.05, 3.63) is 0 Å². The van der Waals surface area contributed by atoms with E-state index < -0.39 is 5.60 Å². The summed E-state index contributed by atoms with van der Waals surface area (Å²) in [5, 5.41) is 13.3. The van der Waals surface area contributed by atoms with E-state index in [-0.39, 0.29) is 0 Å². The van der Waals surface area contributed by atoms with E-state index in [1.165, 1.54) is 13.0 Å². The van der Waals surface area contributed by atoms with Crippen LogP contribution in [0.25, 0.3) is 0 Å². The SMILES string of the molecule is CC(C)NCCCN1CCN(CC(C)(C)O)CC1. The molecule has 1 fully saturated rings. The Morgan fingerprint density at radius 2 is 1.67 bits per heavy atom. The highest BCUT2D eigenvalue weighted by molar-refractivity contribution is 4.77. The Kier molecular flexibility index (Phi) is 6.57. The van der Waals surface area contributed by atoms with Gasteiger partial charge in [0.2, 0.25) is 0 Å². The summed E-state index contributed by atoms with van der Waals surface area (Å²) in [4.78, 5) is 4.89. The highest BCUT2D eigenvalue weighted by Crippen LogP contribution is 2.08. The molecule has 0 aromatic rings. The zero-order chi connectivity index (χ0) is 13.6. The molecule has 0 atom stereocenters. The van der Waals surface area contributed by atoms with Crippen molar-refractivity contribution >= 4 is 0 Å². The fraction of sp³-hybridized carbons (Fsp3) is 1.00. The summed E-state index contributed by atoms with van der Waals surface area (Å²) in [5.74, 6) is 0. The number of rotatable bonds is 7. The van der Waals surface area contributed by atoms with Crippen LogP contribution in [-0.4, -0.2) is 72.4 Å². The van der Waals surface area contributed by atoms with Crippen LogP contribution < -0.4 is 5.32 Å². The molecule has 0 aromatic heterocycles. The molecule has 0 saturated carbocycles. The molecule has 0 amide bonds. The number of hydrogen-bond donors (Lipinski definition) is 2. The minimum Gasteiger partial charge on any atom is -0.389 e. The summed E-state index contributed by atoms with van der Waals surface area (Å²) in [7, 11) is 0. The highest BCUT2D eigenvalue weighted by Gasteiger charge is 2.22. The van der Waals surface area contributed by atoms with Gasteiger partial charge in [-0.3, -0.25) is 4.90 Å². The second kappa shape index (κ2) is 7.43. The molecule has 108 valence electrons. The molecule has 2 N–H and O–H groups in total. The third-order valence-corrected chi connectivity index (χ3v) is 3.28. The van der Waals surface area contributed by atoms with Crippen molar-refractivity contribution in [1.82, 2.24) is 15.1 Å². The van der Waals surface area contributed by atoms with Gasteiger partial charge in [-0.15, -0.1) is 0 Å². The largest absolute Gasteiger partial charge is 0.389 e. The summed E-state index contributed by atoms with van der Waals surface area (Å²) in [6.45, 7) is 15.7. The standard InChI is InChI=1S/C14H31N3O/c1-13(2)15-6-5-7-16-8-10-17(11-9-16)12-14(3,4)18/h13,15,18H,5-12H2,1-4H3. The number of piperazine rings is 1. The zero-order valence-corrected chi connectivity index (χ0v) is 12.6. The first kappa shape index (κ1) is 15.9. The Balaban J connectivity index is 2.08. The van der Waals surface area contributed by atoms with Crippen LogP contribution in [0.15, 0.2) is 0 Å². The van der Waals surface area contributed by atoms with Crippen LogP contribution in [0.2, 0.25) is 0 Å². The summed E-state index contributed by atoms with van der Waals surface area (Å²) in [6, 6.07) is 0.591. The third-order valence-electron chi connectivity index (χ3n) is 3.28. The van der Waals surface area contributed by atoms with E-state index in [9.17, 15) is 5.11 Å². The van der Waals surface area contributed by atoms with Gasteiger partial charge in [0.05, 0.1) is 5.60 Å². The normalized spacial score (nSPS) is 19.7. The monoisotopic (exact) mass is 257 g/mol. The average molecular weight is 257 g/mol. The number of β-amino-alcohol motifs (C(OH)–C–C–N with tert-alkyl or cyclic N) is 1. The Hall–Kier alpha value is -0.160. The van der Waals surface area contributed by atoms with Crippen LogP contribution in [0.3, 0.4) is 0 Å². The number of nitrogens with one attached hydrogen (secondary N) is 1. The van der Waals surface area contributed by atoms with E-state index in [0.717, 1.165) is 39.3 Å². The lowest BCUT2D eigenvalue weighted by atomic mass is 10.1. The summed E-state index contributed by atoms with van der Waals surface area (Å²) >= 11 is 0. The predicted octanol–water partition coefficient (Wildman–Crippen LogP) is 0.763. The lowest BCUT2D eigenvalue weighted by Crippen LogP contribution is -2.50. The van der Waals surface area contributed by atoms with Crippen molar-refractivity contribution in [3.63, 3.8) is 0 Å². The van der Waals surface area contributed by atoms with E-state index in [4.69, 9.17) is 0 Å². The third kappa shape index (κ3) is 7.31. The quantitative estimate of drug-likeness (QED) is 0.661. The first-order valence-corrected chi connectivity index (χ1v) is 7.27. The molecule has 0 spiro atoms. The lowest BCUT2D eigenvalue weighted by molar-refractivity contribution is 0.0177. The number of hydrogen-bond acceptors (Lipinski definition) is 4. The molecule has 0 bridgehead atoms. The molecule has 4 heteroatoms. The minimum atomic E-state index is -0.566. The first-order chi connectivity index (χ1) is 8.37. The summed E-state index contributed by atoms with van der Waals surface area (Å²) < 4.78 is 0. The van der Waals surface area contributed by atoms with Gasteiger partial charge in [-0.25, -0.2) is 0 Å². The molecular weight excluding hydrogens is 226 g/mol. The number of aliphatic hydroxyl groups is 1. The van der Waals surface area contributed by atoms with Crippen LogP contribution >= 0.6 is 0 Å². The molecule has 0 aromatic carbocycles. The van der Waals surface area contributed by atoms with Gasteiger partial charge in [0.1, 0.15) is 0 Å². The summed E-state index contributed by atoms with van der Waals surface area (Å²) in [6.07, 6.45) is 1.23. The van der Waals surface area contributed by atoms with Crippen molar-refractivity contribution in [2.24, 2.45) is 0 Å². The minimum absolute atomic E-state index is 0.566. The maximum absolute atomic E-state index is 9.80. The fourth-order valence-corrected chi connectivity index (χ4v) is 2.41. The zero-order valence-electron chi connectivity index (χ0n) is 12.6. The molecule has 1 saturated heterocycles. The van der Waals surface area contributed by atoms with Gasteiger partial charge in [-0.1, -0.05) is 13.8 Å². The van der Waals surface area contributed by atoms with Crippen molar-refractivity contribution in [3.8, 4) is 0 Å². The van der Waals surface area contributed by atoms with Gasteiger partial charge in [0, 0.05) is 38.8 Å². The molecule has 0 unspecified atom stereocenters. The van der Waals surface area contributed by atoms with Gasteiger partial charge in [-0.2, -0.15) is 0 Å². The smallest absolute Gasteiger partial charge is 0.0718 e. The average Bonchev–Trinajstić information content (AvgIpc) is 2.24. The maximum Gasteiger partial charge on any atom is 0.0718 e. The van der Waals surface area contributed by atoms with Crippen molar-refractivity contribution in [1.29, 1.82) is 0 Å². The summed E-state index contributed by atoms with van der Waals surface area (Å²) in [5.41, 5.74) is -0.566.